The molecular weight excluding hydrogens is 278 g/mol. The Morgan fingerprint density at radius 3 is 2.64 bits per heavy atom. The van der Waals surface area contributed by atoms with Crippen molar-refractivity contribution in [1.29, 1.82) is 0 Å². The Hall–Kier alpha value is -2.73. The number of benzene rings is 2. The van der Waals surface area contributed by atoms with Crippen molar-refractivity contribution in [3.63, 3.8) is 0 Å². The summed E-state index contributed by atoms with van der Waals surface area (Å²) in [5, 5.41) is 24.7. The Kier molecular flexibility index (Phi) is 3.84. The Balaban J connectivity index is 1.80. The van der Waals surface area contributed by atoms with E-state index >= 15 is 0 Å². The van der Waals surface area contributed by atoms with Gasteiger partial charge in [0.25, 0.3) is 0 Å². The maximum atomic E-state index is 10.4. The molecule has 0 saturated heterocycles. The van der Waals surface area contributed by atoms with Gasteiger partial charge in [-0.05, 0) is 37.3 Å². The van der Waals surface area contributed by atoms with Crippen LogP contribution in [0.3, 0.4) is 0 Å². The molecule has 1 aliphatic heterocycles. The molecule has 0 amide bonds. The average molecular weight is 295 g/mol. The zero-order chi connectivity index (χ0) is 15.5. The van der Waals surface area contributed by atoms with Gasteiger partial charge in [-0.1, -0.05) is 24.3 Å². The number of para-hydroxylation sites is 1. The lowest BCUT2D eigenvalue weighted by Gasteiger charge is -2.20. The summed E-state index contributed by atoms with van der Waals surface area (Å²) in [4.78, 5) is 0. The van der Waals surface area contributed by atoms with Crippen LogP contribution in [0.5, 0.6) is 0 Å². The largest absolute Gasteiger partial charge is 0.399 e. The van der Waals surface area contributed by atoms with Gasteiger partial charge >= 0.3 is 0 Å². The number of rotatable bonds is 3. The smallest absolute Gasteiger partial charge is 0.177 e. The van der Waals surface area contributed by atoms with Gasteiger partial charge in [-0.3, -0.25) is 0 Å². The van der Waals surface area contributed by atoms with E-state index in [9.17, 15) is 5.11 Å². The third-order valence-electron chi connectivity index (χ3n) is 3.42. The molecule has 0 fully saturated rings. The quantitative estimate of drug-likeness (QED) is 0.674. The van der Waals surface area contributed by atoms with Crippen molar-refractivity contribution in [1.82, 2.24) is 0 Å². The van der Waals surface area contributed by atoms with E-state index < -0.39 is 12.3 Å². The summed E-state index contributed by atoms with van der Waals surface area (Å²) in [6.07, 6.45) is -0.868. The fourth-order valence-corrected chi connectivity index (χ4v) is 2.29. The molecule has 112 valence electrons. The molecule has 0 aliphatic carbocycles. The molecule has 3 rings (SSSR count). The highest BCUT2D eigenvalue weighted by Gasteiger charge is 2.34. The van der Waals surface area contributed by atoms with Crippen LogP contribution in [-0.4, -0.2) is 23.1 Å². The van der Waals surface area contributed by atoms with E-state index in [1.807, 2.05) is 49.4 Å². The second-order valence-electron chi connectivity index (χ2n) is 5.09. The summed E-state index contributed by atoms with van der Waals surface area (Å²) in [5.41, 5.74) is 8.52. The Morgan fingerprint density at radius 2 is 1.91 bits per heavy atom. The third-order valence-corrected chi connectivity index (χ3v) is 3.42. The first-order valence-electron chi connectivity index (χ1n) is 6.99. The minimum atomic E-state index is -0.868. The van der Waals surface area contributed by atoms with Crippen molar-refractivity contribution in [2.75, 3.05) is 10.7 Å². The van der Waals surface area contributed by atoms with Crippen LogP contribution in [0.15, 0.2) is 69.9 Å². The number of anilines is 2. The van der Waals surface area contributed by atoms with Crippen LogP contribution >= 0.6 is 0 Å². The van der Waals surface area contributed by atoms with Gasteiger partial charge in [0.2, 0.25) is 0 Å². The highest BCUT2D eigenvalue weighted by atomic mass is 16.3. The molecule has 0 bridgehead atoms. The van der Waals surface area contributed by atoms with Crippen molar-refractivity contribution >= 4 is 22.8 Å². The number of hydrogen-bond acceptors (Lipinski definition) is 6. The maximum absolute atomic E-state index is 10.4. The zero-order valence-electron chi connectivity index (χ0n) is 12.2. The fraction of sp³-hybridized carbons (Fsp3) is 0.188. The van der Waals surface area contributed by atoms with Crippen molar-refractivity contribution in [2.24, 2.45) is 15.3 Å². The van der Waals surface area contributed by atoms with E-state index in [-0.39, 0.29) is 0 Å². The van der Waals surface area contributed by atoms with Gasteiger partial charge in [-0.25, -0.2) is 5.01 Å². The number of hydrogen-bond donors (Lipinski definition) is 2. The lowest BCUT2D eigenvalue weighted by Crippen LogP contribution is -2.35. The first kappa shape index (κ1) is 14.2. The summed E-state index contributed by atoms with van der Waals surface area (Å²) >= 11 is 0. The summed E-state index contributed by atoms with van der Waals surface area (Å²) < 4.78 is 0. The molecule has 22 heavy (non-hydrogen) atoms. The second kappa shape index (κ2) is 5.95. The van der Waals surface area contributed by atoms with Gasteiger partial charge in [0.1, 0.15) is 0 Å². The van der Waals surface area contributed by atoms with Gasteiger partial charge in [0, 0.05) is 5.69 Å². The van der Waals surface area contributed by atoms with Gasteiger partial charge in [0.15, 0.2) is 12.3 Å². The monoisotopic (exact) mass is 295 g/mol. The van der Waals surface area contributed by atoms with Crippen molar-refractivity contribution < 1.29 is 5.11 Å². The first-order valence-corrected chi connectivity index (χ1v) is 6.99. The summed E-state index contributed by atoms with van der Waals surface area (Å²) in [6, 6.07) is 16.1. The van der Waals surface area contributed by atoms with E-state index in [0.29, 0.717) is 17.1 Å². The average Bonchev–Trinajstić information content (AvgIpc) is 2.81. The number of aliphatic hydroxyl groups is 1. The van der Waals surface area contributed by atoms with E-state index in [2.05, 4.69) is 15.3 Å². The number of aliphatic hydroxyl groups excluding tert-OH is 1. The molecule has 0 radical (unpaired) electrons. The molecule has 2 aromatic carbocycles. The van der Waals surface area contributed by atoms with Gasteiger partial charge < -0.3 is 10.8 Å². The highest BCUT2D eigenvalue weighted by molar-refractivity contribution is 5.91. The maximum Gasteiger partial charge on any atom is 0.177 e. The molecule has 2 unspecified atom stereocenters. The summed E-state index contributed by atoms with van der Waals surface area (Å²) in [7, 11) is 0. The van der Waals surface area contributed by atoms with Gasteiger partial charge in [-0.2, -0.15) is 15.3 Å². The highest BCUT2D eigenvalue weighted by Crippen LogP contribution is 2.26. The fourth-order valence-electron chi connectivity index (χ4n) is 2.29. The molecule has 0 spiro atoms. The normalized spacial score (nSPS) is 21.4. The van der Waals surface area contributed by atoms with E-state index in [1.165, 1.54) is 0 Å². The van der Waals surface area contributed by atoms with Gasteiger partial charge in [-0.15, -0.1) is 0 Å². The third kappa shape index (κ3) is 2.82. The molecule has 0 aromatic heterocycles. The number of nitrogens with zero attached hydrogens (tertiary/aromatic N) is 4. The Bertz CT molecular complexity index is 713. The van der Waals surface area contributed by atoms with Crippen LogP contribution in [0.25, 0.3) is 0 Å². The van der Waals surface area contributed by atoms with Crippen molar-refractivity contribution in [3.05, 3.63) is 54.6 Å². The Labute approximate surface area is 128 Å². The SMILES string of the molecule is CC1=NN(c2ccccc2)C(O)C1/N=N/c1cccc(N)c1. The van der Waals surface area contributed by atoms with E-state index in [1.54, 1.807) is 17.1 Å². The molecular formula is C16H17N5O. The number of nitrogen functional groups attached to an aromatic ring is 1. The molecule has 0 saturated carbocycles. The molecule has 2 atom stereocenters. The molecule has 6 heteroatoms. The topological polar surface area (TPSA) is 86.6 Å². The summed E-state index contributed by atoms with van der Waals surface area (Å²) in [6.45, 7) is 1.83. The first-order chi connectivity index (χ1) is 10.6. The number of nitrogens with two attached hydrogens (primary N) is 1. The van der Waals surface area contributed by atoms with Crippen molar-refractivity contribution in [3.8, 4) is 0 Å². The van der Waals surface area contributed by atoms with E-state index in [4.69, 9.17) is 5.73 Å². The minimum Gasteiger partial charge on any atom is -0.399 e. The zero-order valence-corrected chi connectivity index (χ0v) is 12.2. The van der Waals surface area contributed by atoms with Crippen LogP contribution in [0, 0.1) is 0 Å². The lowest BCUT2D eigenvalue weighted by molar-refractivity contribution is 0.170. The predicted octanol–water partition coefficient (Wildman–Crippen LogP) is 2.94. The van der Waals surface area contributed by atoms with Crippen molar-refractivity contribution in [2.45, 2.75) is 19.2 Å². The molecule has 1 aliphatic rings. The van der Waals surface area contributed by atoms with Crippen LogP contribution in [0.1, 0.15) is 6.92 Å². The van der Waals surface area contributed by atoms with Crippen LogP contribution in [0.4, 0.5) is 17.1 Å². The molecule has 3 N–H and O–H groups in total. The number of azo groups is 1. The lowest BCUT2D eigenvalue weighted by atomic mass is 10.2. The van der Waals surface area contributed by atoms with Gasteiger partial charge in [0.05, 0.1) is 17.1 Å². The predicted molar refractivity (Wildman–Crippen MR) is 87.2 cm³/mol. The van der Waals surface area contributed by atoms with E-state index in [0.717, 1.165) is 5.69 Å². The number of hydrazone groups is 1. The molecule has 2 aromatic rings. The van der Waals surface area contributed by atoms with Crippen LogP contribution < -0.4 is 10.7 Å². The Morgan fingerprint density at radius 1 is 1.14 bits per heavy atom. The standard InChI is InChI=1S/C16H17N5O/c1-11-15(19-18-13-7-5-6-12(17)10-13)16(22)21(20-11)14-8-3-2-4-9-14/h2-10,15-16,22H,17H2,1H3/b19-18+. The van der Waals surface area contributed by atoms with Crippen LogP contribution in [0.2, 0.25) is 0 Å². The molecule has 6 nitrogen and oxygen atoms in total. The minimum absolute atomic E-state index is 0.498. The second-order valence-corrected chi connectivity index (χ2v) is 5.09. The molecule has 1 heterocycles. The summed E-state index contributed by atoms with van der Waals surface area (Å²) in [5.74, 6) is 0. The van der Waals surface area contributed by atoms with Crippen LogP contribution in [-0.2, 0) is 0 Å².